The number of nitrogens with zero attached hydrogens (tertiary/aromatic N) is 3. The summed E-state index contributed by atoms with van der Waals surface area (Å²) in [6.07, 6.45) is -9.16. The molecule has 0 radical (unpaired) electrons. The summed E-state index contributed by atoms with van der Waals surface area (Å²) in [5, 5.41) is 0. The van der Waals surface area contributed by atoms with Crippen LogP contribution in [0.1, 0.15) is 50.3 Å². The molecule has 0 saturated carbocycles. The van der Waals surface area contributed by atoms with E-state index in [1.807, 2.05) is 43.1 Å². The summed E-state index contributed by atoms with van der Waals surface area (Å²) in [5.41, 5.74) is 0.345. The molecule has 5 nitrogen and oxygen atoms in total. The fraction of sp³-hybridized carbons (Fsp3) is 0.379. The summed E-state index contributed by atoms with van der Waals surface area (Å²) in [7, 11) is 1.90. The first-order valence-corrected chi connectivity index (χ1v) is 12.9. The quantitative estimate of drug-likeness (QED) is 0.373. The van der Waals surface area contributed by atoms with Crippen LogP contribution in [0, 0.1) is 6.92 Å². The van der Waals surface area contributed by atoms with E-state index in [4.69, 9.17) is 0 Å². The summed E-state index contributed by atoms with van der Waals surface area (Å²) < 4.78 is 82.2. The second kappa shape index (κ2) is 10.1. The van der Waals surface area contributed by atoms with Gasteiger partial charge in [0.15, 0.2) is 0 Å². The van der Waals surface area contributed by atoms with Gasteiger partial charge in [-0.3, -0.25) is 9.59 Å². The van der Waals surface area contributed by atoms with Gasteiger partial charge in [0.2, 0.25) is 0 Å². The SMILES string of the molecule is Cc1ccc(-c2c3c(c(=O)n4c2C(=O)N(Cc2cc(C(F)(F)F)cc(C(F)(F)F)c2)CCC4)CN(C)CC3)cc1. The minimum Gasteiger partial charge on any atom is -0.333 e. The monoisotopic (exact) mass is 563 g/mol. The number of hydrogen-bond donors (Lipinski definition) is 0. The zero-order valence-electron chi connectivity index (χ0n) is 21.9. The van der Waals surface area contributed by atoms with Gasteiger partial charge in [0, 0.05) is 43.9 Å². The van der Waals surface area contributed by atoms with Crippen LogP contribution in [0.4, 0.5) is 26.3 Å². The number of aromatic nitrogens is 1. The smallest absolute Gasteiger partial charge is 0.333 e. The number of halogens is 6. The van der Waals surface area contributed by atoms with Crippen LogP contribution in [0.2, 0.25) is 0 Å². The maximum absolute atomic E-state index is 14.1. The molecule has 2 aliphatic heterocycles. The summed E-state index contributed by atoms with van der Waals surface area (Å²) in [5.74, 6) is -0.599. The molecule has 40 heavy (non-hydrogen) atoms. The molecule has 0 atom stereocenters. The molecule has 0 unspecified atom stereocenters. The summed E-state index contributed by atoms with van der Waals surface area (Å²) >= 11 is 0. The van der Waals surface area contributed by atoms with Gasteiger partial charge in [-0.05, 0) is 61.7 Å². The molecule has 212 valence electrons. The molecule has 0 saturated heterocycles. The van der Waals surface area contributed by atoms with Crippen molar-refractivity contribution in [2.45, 2.75) is 51.8 Å². The third-order valence-electron chi connectivity index (χ3n) is 7.51. The summed E-state index contributed by atoms with van der Waals surface area (Å²) in [6, 6.07) is 8.85. The van der Waals surface area contributed by atoms with Crippen LogP contribution in [-0.2, 0) is 38.4 Å². The first-order valence-electron chi connectivity index (χ1n) is 12.9. The van der Waals surface area contributed by atoms with Crippen LogP contribution < -0.4 is 5.56 Å². The Kier molecular flexibility index (Phi) is 7.06. The lowest BCUT2D eigenvalue weighted by atomic mass is 9.89. The fourth-order valence-electron chi connectivity index (χ4n) is 5.53. The first-order chi connectivity index (χ1) is 18.7. The lowest BCUT2D eigenvalue weighted by molar-refractivity contribution is -0.143. The third-order valence-corrected chi connectivity index (χ3v) is 7.51. The average Bonchev–Trinajstić information content (AvgIpc) is 3.03. The zero-order valence-corrected chi connectivity index (χ0v) is 21.9. The van der Waals surface area contributed by atoms with E-state index in [0.29, 0.717) is 49.2 Å². The largest absolute Gasteiger partial charge is 0.416 e. The highest BCUT2D eigenvalue weighted by Gasteiger charge is 2.38. The molecule has 1 aromatic heterocycles. The van der Waals surface area contributed by atoms with E-state index < -0.39 is 35.9 Å². The standard InChI is InChI=1S/C29H27F6N3O2/c1-17-4-6-19(7-5-17)24-22-8-11-36(2)16-23(22)26(39)38-10-3-9-37(27(40)25(24)38)15-18-12-20(28(30,31)32)14-21(13-18)29(33,34)35/h4-7,12-14H,3,8-11,15-16H2,1-2H3. The molecule has 0 aliphatic carbocycles. The minimum absolute atomic E-state index is 0.0649. The number of hydrogen-bond acceptors (Lipinski definition) is 3. The van der Waals surface area contributed by atoms with Gasteiger partial charge in [-0.25, -0.2) is 0 Å². The van der Waals surface area contributed by atoms with Gasteiger partial charge >= 0.3 is 12.4 Å². The number of pyridine rings is 1. The molecule has 1 amide bonds. The molecule has 2 aromatic carbocycles. The van der Waals surface area contributed by atoms with E-state index in [1.54, 1.807) is 0 Å². The maximum atomic E-state index is 14.1. The zero-order chi connectivity index (χ0) is 29.0. The van der Waals surface area contributed by atoms with Gasteiger partial charge in [-0.15, -0.1) is 0 Å². The molecule has 2 aliphatic rings. The molecule has 11 heteroatoms. The number of rotatable bonds is 3. The van der Waals surface area contributed by atoms with Crippen LogP contribution in [0.15, 0.2) is 47.3 Å². The average molecular weight is 564 g/mol. The predicted molar refractivity (Wildman–Crippen MR) is 137 cm³/mol. The molecule has 0 bridgehead atoms. The first kappa shape index (κ1) is 27.9. The van der Waals surface area contributed by atoms with Gasteiger partial charge in [-0.2, -0.15) is 26.3 Å². The number of benzene rings is 2. The van der Waals surface area contributed by atoms with Crippen molar-refractivity contribution in [3.05, 3.63) is 91.9 Å². The topological polar surface area (TPSA) is 45.6 Å². The molecule has 0 N–H and O–H groups in total. The van der Waals surface area contributed by atoms with E-state index in [0.717, 1.165) is 16.7 Å². The summed E-state index contributed by atoms with van der Waals surface area (Å²) in [4.78, 5) is 31.0. The number of carbonyl (C=O) groups is 1. The fourth-order valence-corrected chi connectivity index (χ4v) is 5.53. The van der Waals surface area contributed by atoms with Gasteiger partial charge in [0.1, 0.15) is 5.69 Å². The van der Waals surface area contributed by atoms with E-state index in [2.05, 4.69) is 0 Å². The molecule has 3 heterocycles. The molecular weight excluding hydrogens is 536 g/mol. The van der Waals surface area contributed by atoms with E-state index >= 15 is 0 Å². The number of likely N-dealkylation sites (N-methyl/N-ethyl adjacent to an activating group) is 1. The Labute approximate surface area is 226 Å². The van der Waals surface area contributed by atoms with Crippen molar-refractivity contribution in [3.8, 4) is 11.1 Å². The number of fused-ring (bicyclic) bond motifs is 2. The predicted octanol–water partition coefficient (Wildman–Crippen LogP) is 5.90. The van der Waals surface area contributed by atoms with Gasteiger partial charge < -0.3 is 14.4 Å². The number of carbonyl (C=O) groups excluding carboxylic acids is 1. The van der Waals surface area contributed by atoms with E-state index in [-0.39, 0.29) is 36.0 Å². The van der Waals surface area contributed by atoms with Crippen LogP contribution >= 0.6 is 0 Å². The molecule has 5 rings (SSSR count). The Balaban J connectivity index is 1.65. The Bertz CT molecular complexity index is 1490. The highest BCUT2D eigenvalue weighted by molar-refractivity contribution is 6.00. The van der Waals surface area contributed by atoms with Crippen molar-refractivity contribution >= 4 is 5.91 Å². The Hall–Kier alpha value is -3.60. The summed E-state index contributed by atoms with van der Waals surface area (Å²) in [6.45, 7) is 2.79. The highest BCUT2D eigenvalue weighted by atomic mass is 19.4. The minimum atomic E-state index is -5.00. The van der Waals surface area contributed by atoms with Crippen molar-refractivity contribution in [1.29, 1.82) is 0 Å². The highest BCUT2D eigenvalue weighted by Crippen LogP contribution is 2.38. The van der Waals surface area contributed by atoms with Crippen LogP contribution in [0.3, 0.4) is 0 Å². The molecule has 0 spiro atoms. The Morgan fingerprint density at radius 1 is 0.825 bits per heavy atom. The maximum Gasteiger partial charge on any atom is 0.416 e. The third kappa shape index (κ3) is 5.26. The van der Waals surface area contributed by atoms with E-state index in [9.17, 15) is 35.9 Å². The van der Waals surface area contributed by atoms with Crippen LogP contribution in [-0.4, -0.2) is 40.4 Å². The van der Waals surface area contributed by atoms with Crippen molar-refractivity contribution in [2.24, 2.45) is 0 Å². The van der Waals surface area contributed by atoms with Gasteiger partial charge in [-0.1, -0.05) is 29.8 Å². The Morgan fingerprint density at radius 2 is 1.45 bits per heavy atom. The molecular formula is C29H27F6N3O2. The number of aryl methyl sites for hydroxylation is 1. The second-order valence-corrected chi connectivity index (χ2v) is 10.5. The van der Waals surface area contributed by atoms with Gasteiger partial charge in [0.05, 0.1) is 11.1 Å². The van der Waals surface area contributed by atoms with Crippen LogP contribution in [0.5, 0.6) is 0 Å². The van der Waals surface area contributed by atoms with Crippen molar-refractivity contribution in [1.82, 2.24) is 14.4 Å². The normalized spacial score (nSPS) is 16.5. The van der Waals surface area contributed by atoms with Gasteiger partial charge in [0.25, 0.3) is 11.5 Å². The Morgan fingerprint density at radius 3 is 2.05 bits per heavy atom. The lowest BCUT2D eigenvalue weighted by Crippen LogP contribution is -2.39. The van der Waals surface area contributed by atoms with Crippen molar-refractivity contribution < 1.29 is 31.1 Å². The lowest BCUT2D eigenvalue weighted by Gasteiger charge is -2.30. The van der Waals surface area contributed by atoms with Crippen LogP contribution in [0.25, 0.3) is 11.1 Å². The number of alkyl halides is 6. The van der Waals surface area contributed by atoms with E-state index in [1.165, 1.54) is 9.47 Å². The second-order valence-electron chi connectivity index (χ2n) is 10.5. The number of amides is 1. The molecule has 3 aromatic rings. The van der Waals surface area contributed by atoms with Crippen molar-refractivity contribution in [3.63, 3.8) is 0 Å². The van der Waals surface area contributed by atoms with Crippen molar-refractivity contribution in [2.75, 3.05) is 20.1 Å². The molecule has 0 fully saturated rings.